The van der Waals surface area contributed by atoms with Crippen LogP contribution in [0.2, 0.25) is 5.02 Å². The van der Waals surface area contributed by atoms with Crippen LogP contribution in [0.4, 0.5) is 0 Å². The molecule has 0 unspecified atom stereocenters. The topological polar surface area (TPSA) is 53.3 Å². The fourth-order valence-corrected chi connectivity index (χ4v) is 3.27. The third-order valence-electron chi connectivity index (χ3n) is 4.69. The first-order valence-corrected chi connectivity index (χ1v) is 10.1. The maximum atomic E-state index is 12.3. The van der Waals surface area contributed by atoms with Gasteiger partial charge in [-0.1, -0.05) is 49.7 Å². The number of rotatable bonds is 8. The van der Waals surface area contributed by atoms with Crippen LogP contribution < -0.4 is 9.47 Å². The van der Waals surface area contributed by atoms with E-state index >= 15 is 0 Å². The SMILES string of the molecule is COc1ccc(/C=C/C(=O)c2nn(C)cc2Cl)cc1COc1ccc(C(C)C)cc1. The Morgan fingerprint density at radius 1 is 1.20 bits per heavy atom. The summed E-state index contributed by atoms with van der Waals surface area (Å²) in [5.41, 5.74) is 3.24. The van der Waals surface area contributed by atoms with Crippen LogP contribution in [0.3, 0.4) is 0 Å². The number of carbonyl (C=O) groups excluding carboxylic acids is 1. The summed E-state index contributed by atoms with van der Waals surface area (Å²) in [6.07, 6.45) is 4.79. The molecule has 0 atom stereocenters. The van der Waals surface area contributed by atoms with Crippen LogP contribution in [-0.4, -0.2) is 22.7 Å². The summed E-state index contributed by atoms with van der Waals surface area (Å²) < 4.78 is 12.9. The summed E-state index contributed by atoms with van der Waals surface area (Å²) in [7, 11) is 3.34. The summed E-state index contributed by atoms with van der Waals surface area (Å²) in [5, 5.41) is 4.42. The Morgan fingerprint density at radius 3 is 2.53 bits per heavy atom. The third kappa shape index (κ3) is 5.30. The molecule has 0 saturated carbocycles. The first-order chi connectivity index (χ1) is 14.4. The number of hydrogen-bond donors (Lipinski definition) is 0. The Balaban J connectivity index is 1.73. The first kappa shape index (κ1) is 21.7. The van der Waals surface area contributed by atoms with Crippen LogP contribution in [-0.2, 0) is 13.7 Å². The molecule has 0 amide bonds. The van der Waals surface area contributed by atoms with Gasteiger partial charge in [0.1, 0.15) is 18.1 Å². The van der Waals surface area contributed by atoms with Crippen LogP contribution in [0.25, 0.3) is 6.08 Å². The van der Waals surface area contributed by atoms with Crippen LogP contribution in [0.5, 0.6) is 11.5 Å². The Hall–Kier alpha value is -3.05. The number of hydrogen-bond acceptors (Lipinski definition) is 4. The van der Waals surface area contributed by atoms with Crippen LogP contribution in [0.15, 0.2) is 54.7 Å². The van der Waals surface area contributed by atoms with Gasteiger partial charge in [-0.2, -0.15) is 5.10 Å². The van der Waals surface area contributed by atoms with Crippen molar-refractivity contribution in [3.63, 3.8) is 0 Å². The summed E-state index contributed by atoms with van der Waals surface area (Å²) >= 11 is 6.04. The molecule has 0 aliphatic carbocycles. The van der Waals surface area contributed by atoms with Gasteiger partial charge in [-0.15, -0.1) is 0 Å². The van der Waals surface area contributed by atoms with E-state index in [0.717, 1.165) is 22.6 Å². The monoisotopic (exact) mass is 424 g/mol. The summed E-state index contributed by atoms with van der Waals surface area (Å²) in [6.45, 7) is 4.67. The average Bonchev–Trinajstić information content (AvgIpc) is 3.08. The molecule has 0 bridgehead atoms. The van der Waals surface area contributed by atoms with E-state index in [9.17, 15) is 4.79 Å². The van der Waals surface area contributed by atoms with Crippen molar-refractivity contribution in [2.24, 2.45) is 7.05 Å². The molecule has 2 aromatic carbocycles. The second-order valence-corrected chi connectivity index (χ2v) is 7.69. The number of benzene rings is 2. The van der Waals surface area contributed by atoms with Gasteiger partial charge in [-0.05, 0) is 47.4 Å². The predicted octanol–water partition coefficient (Wildman–Crippen LogP) is 5.68. The Bertz CT molecular complexity index is 1050. The zero-order chi connectivity index (χ0) is 21.7. The lowest BCUT2D eigenvalue weighted by atomic mass is 10.0. The molecule has 6 heteroatoms. The number of ether oxygens (including phenoxy) is 2. The van der Waals surface area contributed by atoms with Crippen molar-refractivity contribution in [3.8, 4) is 11.5 Å². The minimum absolute atomic E-state index is 0.234. The molecule has 0 fully saturated rings. The van der Waals surface area contributed by atoms with Crippen LogP contribution >= 0.6 is 11.6 Å². The van der Waals surface area contributed by atoms with Gasteiger partial charge in [0.25, 0.3) is 0 Å². The largest absolute Gasteiger partial charge is 0.496 e. The standard InChI is InChI=1S/C24H25ClN2O3/c1-16(2)18-7-9-20(10-8-18)30-15-19-13-17(6-12-23(19)29-4)5-11-22(28)24-21(25)14-27(3)26-24/h5-14,16H,15H2,1-4H3/b11-5+. The number of methoxy groups -OCH3 is 1. The number of nitrogens with zero attached hydrogens (tertiary/aromatic N) is 2. The highest BCUT2D eigenvalue weighted by molar-refractivity contribution is 6.34. The maximum Gasteiger partial charge on any atom is 0.207 e. The molecule has 0 radical (unpaired) electrons. The molecule has 1 heterocycles. The number of aryl methyl sites for hydroxylation is 1. The maximum absolute atomic E-state index is 12.3. The van der Waals surface area contributed by atoms with E-state index in [1.807, 2.05) is 30.3 Å². The van der Waals surface area contributed by atoms with E-state index in [0.29, 0.717) is 17.5 Å². The van der Waals surface area contributed by atoms with E-state index in [4.69, 9.17) is 21.1 Å². The summed E-state index contributed by atoms with van der Waals surface area (Å²) in [5.74, 6) is 1.75. The van der Waals surface area contributed by atoms with Gasteiger partial charge in [-0.25, -0.2) is 0 Å². The highest BCUT2D eigenvalue weighted by Crippen LogP contribution is 2.24. The third-order valence-corrected chi connectivity index (χ3v) is 4.97. The highest BCUT2D eigenvalue weighted by atomic mass is 35.5. The Labute approximate surface area is 181 Å². The van der Waals surface area contributed by atoms with Crippen molar-refractivity contribution in [3.05, 3.63) is 82.1 Å². The molecule has 0 aliphatic heterocycles. The molecule has 0 N–H and O–H groups in total. The lowest BCUT2D eigenvalue weighted by molar-refractivity contribution is 0.104. The quantitative estimate of drug-likeness (QED) is 0.345. The van der Waals surface area contributed by atoms with Gasteiger partial charge >= 0.3 is 0 Å². The number of allylic oxidation sites excluding steroid dienone is 1. The van der Waals surface area contributed by atoms with Gasteiger partial charge in [0.05, 0.1) is 12.1 Å². The van der Waals surface area contributed by atoms with E-state index in [1.165, 1.54) is 16.3 Å². The van der Waals surface area contributed by atoms with E-state index in [1.54, 1.807) is 26.4 Å². The summed E-state index contributed by atoms with van der Waals surface area (Å²) in [4.78, 5) is 12.3. The van der Waals surface area contributed by atoms with Crippen molar-refractivity contribution < 1.29 is 14.3 Å². The second-order valence-electron chi connectivity index (χ2n) is 7.28. The number of carbonyl (C=O) groups is 1. The molecule has 156 valence electrons. The van der Waals surface area contributed by atoms with Crippen LogP contribution in [0.1, 0.15) is 46.9 Å². The minimum Gasteiger partial charge on any atom is -0.496 e. The second kappa shape index (κ2) is 9.63. The van der Waals surface area contributed by atoms with E-state index in [2.05, 4.69) is 31.1 Å². The first-order valence-electron chi connectivity index (χ1n) is 9.68. The van der Waals surface area contributed by atoms with Gasteiger partial charge < -0.3 is 9.47 Å². The number of aromatic nitrogens is 2. The molecule has 0 aliphatic rings. The normalized spacial score (nSPS) is 11.3. The Morgan fingerprint density at radius 2 is 1.93 bits per heavy atom. The van der Waals surface area contributed by atoms with Crippen molar-refractivity contribution in [2.45, 2.75) is 26.4 Å². The van der Waals surface area contributed by atoms with Crippen LogP contribution in [0, 0.1) is 0 Å². The molecule has 30 heavy (non-hydrogen) atoms. The van der Waals surface area contributed by atoms with Gasteiger partial charge in [-0.3, -0.25) is 9.48 Å². The zero-order valence-electron chi connectivity index (χ0n) is 17.6. The molecular formula is C24H25ClN2O3. The van der Waals surface area contributed by atoms with E-state index < -0.39 is 0 Å². The molecular weight excluding hydrogens is 400 g/mol. The molecule has 0 spiro atoms. The lowest BCUT2D eigenvalue weighted by Crippen LogP contribution is -2.00. The lowest BCUT2D eigenvalue weighted by Gasteiger charge is -2.12. The predicted molar refractivity (Wildman–Crippen MR) is 119 cm³/mol. The molecule has 3 aromatic rings. The van der Waals surface area contributed by atoms with Crippen molar-refractivity contribution >= 4 is 23.5 Å². The molecule has 5 nitrogen and oxygen atoms in total. The molecule has 3 rings (SSSR count). The fraction of sp³-hybridized carbons (Fsp3) is 0.250. The Kier molecular flexibility index (Phi) is 6.95. The van der Waals surface area contributed by atoms with Crippen molar-refractivity contribution in [2.75, 3.05) is 7.11 Å². The molecule has 0 saturated heterocycles. The number of ketones is 1. The number of halogens is 1. The van der Waals surface area contributed by atoms with Gasteiger partial charge in [0.15, 0.2) is 5.69 Å². The molecule has 1 aromatic heterocycles. The van der Waals surface area contributed by atoms with E-state index in [-0.39, 0.29) is 11.5 Å². The minimum atomic E-state index is -0.250. The van der Waals surface area contributed by atoms with Gasteiger partial charge in [0.2, 0.25) is 5.78 Å². The fourth-order valence-electron chi connectivity index (χ4n) is 3.00. The van der Waals surface area contributed by atoms with Crippen molar-refractivity contribution in [1.29, 1.82) is 0 Å². The average molecular weight is 425 g/mol. The zero-order valence-corrected chi connectivity index (χ0v) is 18.3. The van der Waals surface area contributed by atoms with Gasteiger partial charge in [0, 0.05) is 18.8 Å². The highest BCUT2D eigenvalue weighted by Gasteiger charge is 2.12. The van der Waals surface area contributed by atoms with Crippen molar-refractivity contribution in [1.82, 2.24) is 9.78 Å². The smallest absolute Gasteiger partial charge is 0.207 e. The summed E-state index contributed by atoms with van der Waals surface area (Å²) in [6, 6.07) is 13.8.